The number of Topliss-reactive ketones (excluding diaryl/α,β-unsaturated/α-hetero) is 1. The van der Waals surface area contributed by atoms with E-state index in [1.54, 1.807) is 41.4 Å². The molecule has 0 saturated carbocycles. The third kappa shape index (κ3) is 6.39. The number of aromatic nitrogens is 1. The Balaban J connectivity index is 0.960. The molecule has 0 aliphatic carbocycles. The number of nitrogens with zero attached hydrogens (tertiary/aromatic N) is 3. The Labute approximate surface area is 303 Å². The summed E-state index contributed by atoms with van der Waals surface area (Å²) in [5.41, 5.74) is 5.79. The van der Waals surface area contributed by atoms with Crippen molar-refractivity contribution in [1.82, 2.24) is 4.98 Å². The normalized spacial score (nSPS) is 16.2. The van der Waals surface area contributed by atoms with Crippen LogP contribution < -0.4 is 15.1 Å². The predicted molar refractivity (Wildman–Crippen MR) is 200 cm³/mol. The zero-order valence-electron chi connectivity index (χ0n) is 28.5. The smallest absolute Gasteiger partial charge is 0.259 e. The van der Waals surface area contributed by atoms with Gasteiger partial charge in [-0.3, -0.25) is 14.4 Å². The van der Waals surface area contributed by atoms with Crippen LogP contribution in [0.3, 0.4) is 0 Å². The molecule has 8 nitrogen and oxygen atoms in total. The van der Waals surface area contributed by atoms with Gasteiger partial charge in [0, 0.05) is 62.1 Å². The van der Waals surface area contributed by atoms with Gasteiger partial charge in [-0.1, -0.05) is 12.1 Å². The van der Waals surface area contributed by atoms with Crippen LogP contribution in [0.1, 0.15) is 65.5 Å². The van der Waals surface area contributed by atoms with Crippen LogP contribution in [-0.2, 0) is 17.6 Å². The fourth-order valence-corrected chi connectivity index (χ4v) is 9.63. The summed E-state index contributed by atoms with van der Waals surface area (Å²) in [6, 6.07) is 17.6. The molecule has 51 heavy (non-hydrogen) atoms. The Morgan fingerprint density at radius 2 is 1.78 bits per heavy atom. The molecule has 2 saturated heterocycles. The number of rotatable bonds is 7. The molecule has 11 heteroatoms. The van der Waals surface area contributed by atoms with Crippen molar-refractivity contribution >= 4 is 57.5 Å². The van der Waals surface area contributed by atoms with E-state index < -0.39 is 0 Å². The van der Waals surface area contributed by atoms with Crippen molar-refractivity contribution in [3.63, 3.8) is 0 Å². The largest absolute Gasteiger partial charge is 0.381 e. The van der Waals surface area contributed by atoms with Crippen molar-refractivity contribution in [1.29, 1.82) is 0 Å². The summed E-state index contributed by atoms with van der Waals surface area (Å²) >= 11 is 2.95. The van der Waals surface area contributed by atoms with Gasteiger partial charge in [0.1, 0.15) is 11.6 Å². The van der Waals surface area contributed by atoms with E-state index in [1.807, 2.05) is 43.5 Å². The monoisotopic (exact) mass is 720 g/mol. The number of halogens is 1. The van der Waals surface area contributed by atoms with E-state index >= 15 is 0 Å². The maximum Gasteiger partial charge on any atom is 0.259 e. The number of ketones is 1. The molecule has 0 atom stereocenters. The Kier molecular flexibility index (Phi) is 8.81. The highest BCUT2D eigenvalue weighted by Gasteiger charge is 2.45. The van der Waals surface area contributed by atoms with E-state index in [4.69, 9.17) is 4.74 Å². The summed E-state index contributed by atoms with van der Waals surface area (Å²) in [6.07, 6.45) is 4.45. The van der Waals surface area contributed by atoms with Crippen LogP contribution in [-0.4, -0.2) is 55.4 Å². The molecule has 2 fully saturated rings. The molecule has 1 N–H and O–H groups in total. The number of fused-ring (bicyclic) bond motifs is 3. The molecule has 2 amide bonds. The zero-order chi connectivity index (χ0) is 35.3. The van der Waals surface area contributed by atoms with Gasteiger partial charge in [-0.25, -0.2) is 9.37 Å². The Morgan fingerprint density at radius 1 is 1.00 bits per heavy atom. The summed E-state index contributed by atoms with van der Waals surface area (Å²) in [6.45, 7) is 7.49. The van der Waals surface area contributed by atoms with Crippen LogP contribution in [0.25, 0.3) is 9.75 Å². The molecule has 0 radical (unpaired) electrons. The molecular formula is C40H37FN4O4S2. The number of anilines is 3. The number of pyridine rings is 1. The molecule has 1 spiro atoms. The zero-order valence-corrected chi connectivity index (χ0v) is 30.1. The lowest BCUT2D eigenvalue weighted by Gasteiger charge is -2.53. The van der Waals surface area contributed by atoms with Gasteiger partial charge in [0.2, 0.25) is 0 Å². The molecule has 0 bridgehead atoms. The van der Waals surface area contributed by atoms with E-state index in [0.29, 0.717) is 46.0 Å². The predicted octanol–water partition coefficient (Wildman–Crippen LogP) is 8.12. The van der Waals surface area contributed by atoms with E-state index in [9.17, 15) is 18.8 Å². The Hall–Kier alpha value is -4.71. The topological polar surface area (TPSA) is 91.8 Å². The number of amides is 2. The average Bonchev–Trinajstić information content (AvgIpc) is 3.74. The van der Waals surface area contributed by atoms with Gasteiger partial charge in [-0.05, 0) is 109 Å². The fraction of sp³-hybridized carbons (Fsp3) is 0.300. The third-order valence-corrected chi connectivity index (χ3v) is 12.6. The fourth-order valence-electron chi connectivity index (χ4n) is 7.40. The lowest BCUT2D eigenvalue weighted by Crippen LogP contribution is -2.59. The molecule has 3 aromatic heterocycles. The molecule has 3 aliphatic rings. The SMILES string of the molecule is Cc1cnc(N2CC3(CCOCC3)C2)c(C(=O)Nc2ccc(C(=O)N3CCc4cc(C(=O)Cc5c(C)cccc5F)sc4-c4sccc43)cc2)c1. The second-order valence-corrected chi connectivity index (χ2v) is 15.8. The highest BCUT2D eigenvalue weighted by molar-refractivity contribution is 7.23. The Morgan fingerprint density at radius 3 is 2.55 bits per heavy atom. The number of thiophene rings is 2. The molecule has 0 unspecified atom stereocenters. The number of aryl methyl sites for hydroxylation is 2. The van der Waals surface area contributed by atoms with Crippen LogP contribution in [0.4, 0.5) is 21.6 Å². The molecule has 5 aromatic rings. The summed E-state index contributed by atoms with van der Waals surface area (Å²) in [7, 11) is 0. The lowest BCUT2D eigenvalue weighted by molar-refractivity contribution is -0.000511. The number of ether oxygens (including phenoxy) is 1. The van der Waals surface area contributed by atoms with Crippen molar-refractivity contribution in [3.05, 3.63) is 116 Å². The highest BCUT2D eigenvalue weighted by atomic mass is 32.1. The minimum atomic E-state index is -0.366. The number of carbonyl (C=O) groups excluding carboxylic acids is 3. The molecule has 2 aromatic carbocycles. The lowest BCUT2D eigenvalue weighted by atomic mass is 9.73. The van der Waals surface area contributed by atoms with Crippen LogP contribution in [0.2, 0.25) is 0 Å². The maximum atomic E-state index is 14.5. The first-order chi connectivity index (χ1) is 24.7. The van der Waals surface area contributed by atoms with Crippen LogP contribution in [0.15, 0.2) is 72.2 Å². The quantitative estimate of drug-likeness (QED) is 0.171. The number of hydrogen-bond acceptors (Lipinski definition) is 8. The molecule has 3 aliphatic heterocycles. The van der Waals surface area contributed by atoms with Crippen molar-refractivity contribution in [2.45, 2.75) is 39.5 Å². The third-order valence-electron chi connectivity index (χ3n) is 10.3. The van der Waals surface area contributed by atoms with E-state index in [2.05, 4.69) is 15.2 Å². The van der Waals surface area contributed by atoms with Gasteiger partial charge < -0.3 is 19.9 Å². The van der Waals surface area contributed by atoms with Gasteiger partial charge in [-0.2, -0.15) is 0 Å². The first-order valence-corrected chi connectivity index (χ1v) is 18.9. The summed E-state index contributed by atoms with van der Waals surface area (Å²) < 4.78 is 20.0. The second-order valence-electron chi connectivity index (χ2n) is 13.8. The molecule has 6 heterocycles. The van der Waals surface area contributed by atoms with E-state index in [1.165, 1.54) is 28.7 Å². The molecular weight excluding hydrogens is 684 g/mol. The number of benzene rings is 2. The summed E-state index contributed by atoms with van der Waals surface area (Å²) in [5.74, 6) is -0.163. The number of carbonyl (C=O) groups is 3. The van der Waals surface area contributed by atoms with Crippen molar-refractivity contribution < 1.29 is 23.5 Å². The van der Waals surface area contributed by atoms with Gasteiger partial charge in [-0.15, -0.1) is 22.7 Å². The standard InChI is InChI=1S/C40H37FN4O4S2/c1-24-18-30(37(42-21-24)44-22-40(23-44)12-15-49-16-13-40)38(47)43-28-8-6-26(7-9-28)39(48)45-14-10-27-19-34(51-35(27)36-32(45)11-17-50-36)33(46)20-29-25(2)4-3-5-31(29)41/h3-9,11,17-19,21H,10,12-16,20,22-23H2,1-2H3,(H,43,47). The van der Waals surface area contributed by atoms with Crippen LogP contribution in [0, 0.1) is 25.1 Å². The average molecular weight is 721 g/mol. The second kappa shape index (κ2) is 13.4. The van der Waals surface area contributed by atoms with Crippen molar-refractivity contribution in [2.24, 2.45) is 5.41 Å². The van der Waals surface area contributed by atoms with E-state index in [-0.39, 0.29) is 35.3 Å². The minimum absolute atomic E-state index is 0.00849. The van der Waals surface area contributed by atoms with E-state index in [0.717, 1.165) is 71.3 Å². The molecule has 8 rings (SSSR count). The maximum absolute atomic E-state index is 14.5. The van der Waals surface area contributed by atoms with Gasteiger partial charge in [0.15, 0.2) is 5.78 Å². The first kappa shape index (κ1) is 33.4. The summed E-state index contributed by atoms with van der Waals surface area (Å²) in [5, 5.41) is 4.97. The highest BCUT2D eigenvalue weighted by Crippen LogP contribution is 2.46. The first-order valence-electron chi connectivity index (χ1n) is 17.2. The van der Waals surface area contributed by atoms with Gasteiger partial charge in [0.05, 0.1) is 25.9 Å². The van der Waals surface area contributed by atoms with Crippen LogP contribution >= 0.6 is 22.7 Å². The van der Waals surface area contributed by atoms with Crippen molar-refractivity contribution in [2.75, 3.05) is 48.0 Å². The number of hydrogen-bond donors (Lipinski definition) is 1. The van der Waals surface area contributed by atoms with Gasteiger partial charge in [0.25, 0.3) is 11.8 Å². The number of nitrogens with one attached hydrogen (secondary N) is 1. The molecule has 260 valence electrons. The van der Waals surface area contributed by atoms with Crippen LogP contribution in [0.5, 0.6) is 0 Å². The minimum Gasteiger partial charge on any atom is -0.381 e. The summed E-state index contributed by atoms with van der Waals surface area (Å²) in [4.78, 5) is 52.0. The van der Waals surface area contributed by atoms with Crippen molar-refractivity contribution in [3.8, 4) is 9.75 Å². The van der Waals surface area contributed by atoms with Gasteiger partial charge >= 0.3 is 0 Å². The Bertz CT molecular complexity index is 2140.